The van der Waals surface area contributed by atoms with Crippen molar-refractivity contribution in [3.63, 3.8) is 0 Å². The molecule has 0 atom stereocenters. The predicted molar refractivity (Wildman–Crippen MR) is 127 cm³/mol. The predicted octanol–water partition coefficient (Wildman–Crippen LogP) is 6.34. The number of furan rings is 1. The third-order valence-corrected chi connectivity index (χ3v) is 7.47. The minimum absolute atomic E-state index is 0.197. The average Bonchev–Trinajstić information content (AvgIpc) is 3.62. The van der Waals surface area contributed by atoms with Crippen molar-refractivity contribution in [1.82, 2.24) is 14.3 Å². The van der Waals surface area contributed by atoms with E-state index in [-0.39, 0.29) is 11.7 Å². The topological polar surface area (TPSA) is 50.8 Å². The van der Waals surface area contributed by atoms with Crippen molar-refractivity contribution >= 4 is 22.2 Å². The molecule has 1 aromatic carbocycles. The van der Waals surface area contributed by atoms with Gasteiger partial charge in [0.15, 0.2) is 4.96 Å². The number of rotatable bonds is 9. The molecule has 0 bridgehead atoms. The van der Waals surface area contributed by atoms with Crippen LogP contribution in [-0.4, -0.2) is 26.7 Å². The molecule has 1 aliphatic rings. The standard InChI is InChI=1S/C26H28FN3O2S/c27-21-10-8-20(9-11-21)24-17-30-22(18-33-26(30)28-24)13-14-29(16-23-6-3-15-32-23)25(31)12-7-19-4-1-2-5-19/h3,6,8-11,15,17-19H,1-2,4-5,7,12-14,16H2. The Balaban J connectivity index is 1.28. The van der Waals surface area contributed by atoms with Gasteiger partial charge >= 0.3 is 0 Å². The molecule has 33 heavy (non-hydrogen) atoms. The second-order valence-electron chi connectivity index (χ2n) is 8.85. The van der Waals surface area contributed by atoms with Crippen molar-refractivity contribution in [2.24, 2.45) is 5.92 Å². The minimum atomic E-state index is -0.255. The summed E-state index contributed by atoms with van der Waals surface area (Å²) in [6.45, 7) is 1.12. The van der Waals surface area contributed by atoms with Crippen LogP contribution in [0.3, 0.4) is 0 Å². The van der Waals surface area contributed by atoms with Gasteiger partial charge in [-0.2, -0.15) is 0 Å². The van der Waals surface area contributed by atoms with Gasteiger partial charge in [0.25, 0.3) is 0 Å². The lowest BCUT2D eigenvalue weighted by Gasteiger charge is -2.22. The lowest BCUT2D eigenvalue weighted by Crippen LogP contribution is -2.32. The number of fused-ring (bicyclic) bond motifs is 1. The lowest BCUT2D eigenvalue weighted by molar-refractivity contribution is -0.132. The molecule has 1 amide bonds. The average molecular weight is 466 g/mol. The molecule has 1 fully saturated rings. The van der Waals surface area contributed by atoms with Crippen molar-refractivity contribution in [3.8, 4) is 11.3 Å². The number of imidazole rings is 1. The first kappa shape index (κ1) is 21.9. The van der Waals surface area contributed by atoms with E-state index in [1.165, 1.54) is 37.8 Å². The molecule has 3 heterocycles. The third kappa shape index (κ3) is 5.19. The number of carbonyl (C=O) groups is 1. The first-order valence-corrected chi connectivity index (χ1v) is 12.6. The molecule has 0 spiro atoms. The van der Waals surface area contributed by atoms with Gasteiger partial charge in [0.1, 0.15) is 11.6 Å². The van der Waals surface area contributed by atoms with Gasteiger partial charge in [-0.1, -0.05) is 25.7 Å². The molecule has 0 N–H and O–H groups in total. The summed E-state index contributed by atoms with van der Waals surface area (Å²) >= 11 is 1.58. The lowest BCUT2D eigenvalue weighted by atomic mass is 10.0. The van der Waals surface area contributed by atoms with E-state index in [4.69, 9.17) is 9.40 Å². The van der Waals surface area contributed by atoms with Crippen LogP contribution in [0.15, 0.2) is 58.7 Å². The van der Waals surface area contributed by atoms with E-state index < -0.39 is 0 Å². The van der Waals surface area contributed by atoms with Crippen LogP contribution in [0.4, 0.5) is 4.39 Å². The smallest absolute Gasteiger partial charge is 0.222 e. The van der Waals surface area contributed by atoms with Gasteiger partial charge in [0.05, 0.1) is 18.5 Å². The molecular weight excluding hydrogens is 437 g/mol. The van der Waals surface area contributed by atoms with Gasteiger partial charge in [-0.15, -0.1) is 11.3 Å². The number of hydrogen-bond donors (Lipinski definition) is 0. The Hall–Kier alpha value is -2.93. The van der Waals surface area contributed by atoms with Crippen LogP contribution < -0.4 is 0 Å². The van der Waals surface area contributed by atoms with Crippen LogP contribution in [0.2, 0.25) is 0 Å². The van der Waals surface area contributed by atoms with Crippen LogP contribution in [0.1, 0.15) is 50.0 Å². The largest absolute Gasteiger partial charge is 0.467 e. The molecule has 0 aliphatic heterocycles. The van der Waals surface area contributed by atoms with Crippen molar-refractivity contribution in [1.29, 1.82) is 0 Å². The van der Waals surface area contributed by atoms with Crippen LogP contribution in [0, 0.1) is 11.7 Å². The summed E-state index contributed by atoms with van der Waals surface area (Å²) in [5, 5.41) is 2.10. The summed E-state index contributed by atoms with van der Waals surface area (Å²) in [5.41, 5.74) is 2.83. The number of carbonyl (C=O) groups excluding carboxylic acids is 1. The van der Waals surface area contributed by atoms with E-state index in [9.17, 15) is 9.18 Å². The van der Waals surface area contributed by atoms with E-state index >= 15 is 0 Å². The number of benzene rings is 1. The zero-order chi connectivity index (χ0) is 22.6. The fourth-order valence-corrected chi connectivity index (χ4v) is 5.59. The van der Waals surface area contributed by atoms with Crippen LogP contribution in [0.5, 0.6) is 0 Å². The molecule has 0 saturated heterocycles. The Morgan fingerprint density at radius 2 is 2.03 bits per heavy atom. The van der Waals surface area contributed by atoms with Crippen molar-refractivity contribution < 1.29 is 13.6 Å². The number of aromatic nitrogens is 2. The molecule has 0 radical (unpaired) electrons. The molecule has 0 unspecified atom stereocenters. The van der Waals surface area contributed by atoms with Gasteiger partial charge in [0, 0.05) is 42.2 Å². The SMILES string of the molecule is O=C(CCC1CCCC1)N(CCc1csc2nc(-c3ccc(F)cc3)cn12)Cc1ccco1. The monoisotopic (exact) mass is 465 g/mol. The third-order valence-electron chi connectivity index (χ3n) is 6.58. The first-order chi connectivity index (χ1) is 16.2. The number of thiazole rings is 1. The molecular formula is C26H28FN3O2S. The normalized spacial score (nSPS) is 14.3. The Kier molecular flexibility index (Phi) is 6.58. The molecule has 7 heteroatoms. The first-order valence-electron chi connectivity index (χ1n) is 11.7. The molecule has 4 aromatic rings. The summed E-state index contributed by atoms with van der Waals surface area (Å²) in [6.07, 6.45) is 11.1. The van der Waals surface area contributed by atoms with E-state index in [1.807, 2.05) is 23.2 Å². The zero-order valence-electron chi connectivity index (χ0n) is 18.6. The second-order valence-corrected chi connectivity index (χ2v) is 9.68. The zero-order valence-corrected chi connectivity index (χ0v) is 19.4. The molecule has 5 rings (SSSR count). The van der Waals surface area contributed by atoms with Crippen LogP contribution in [-0.2, 0) is 17.8 Å². The Bertz CT molecular complexity index is 1190. The summed E-state index contributed by atoms with van der Waals surface area (Å²) in [6, 6.07) is 10.2. The fourth-order valence-electron chi connectivity index (χ4n) is 4.69. The highest BCUT2D eigenvalue weighted by Gasteiger charge is 2.21. The van der Waals surface area contributed by atoms with Crippen LogP contribution in [0.25, 0.3) is 16.2 Å². The number of hydrogen-bond acceptors (Lipinski definition) is 4. The minimum Gasteiger partial charge on any atom is -0.467 e. The van der Waals surface area contributed by atoms with E-state index in [0.29, 0.717) is 25.4 Å². The maximum Gasteiger partial charge on any atom is 0.222 e. The molecule has 1 aliphatic carbocycles. The highest BCUT2D eigenvalue weighted by atomic mass is 32.1. The maximum absolute atomic E-state index is 13.3. The maximum atomic E-state index is 13.3. The Morgan fingerprint density at radius 1 is 1.21 bits per heavy atom. The summed E-state index contributed by atoms with van der Waals surface area (Å²) < 4.78 is 20.9. The molecule has 1 saturated carbocycles. The summed E-state index contributed by atoms with van der Waals surface area (Å²) in [4.78, 5) is 20.6. The summed E-state index contributed by atoms with van der Waals surface area (Å²) in [7, 11) is 0. The Morgan fingerprint density at radius 3 is 2.79 bits per heavy atom. The highest BCUT2D eigenvalue weighted by molar-refractivity contribution is 7.15. The molecule has 3 aromatic heterocycles. The van der Waals surface area contributed by atoms with Crippen molar-refractivity contribution in [2.45, 2.75) is 51.5 Å². The van der Waals surface area contributed by atoms with Gasteiger partial charge in [-0.25, -0.2) is 9.37 Å². The number of halogens is 1. The van der Waals surface area contributed by atoms with E-state index in [2.05, 4.69) is 9.78 Å². The van der Waals surface area contributed by atoms with Gasteiger partial charge in [0.2, 0.25) is 5.91 Å². The van der Waals surface area contributed by atoms with E-state index in [1.54, 1.807) is 29.7 Å². The van der Waals surface area contributed by atoms with Gasteiger partial charge in [-0.3, -0.25) is 9.20 Å². The van der Waals surface area contributed by atoms with E-state index in [0.717, 1.165) is 40.5 Å². The summed E-state index contributed by atoms with van der Waals surface area (Å²) in [5.74, 6) is 1.45. The van der Waals surface area contributed by atoms with Crippen LogP contribution >= 0.6 is 11.3 Å². The second kappa shape index (κ2) is 9.91. The number of nitrogens with zero attached hydrogens (tertiary/aromatic N) is 3. The van der Waals surface area contributed by atoms with Crippen molar-refractivity contribution in [2.75, 3.05) is 6.54 Å². The fraction of sp³-hybridized carbons (Fsp3) is 0.385. The molecule has 5 nitrogen and oxygen atoms in total. The molecule has 172 valence electrons. The highest BCUT2D eigenvalue weighted by Crippen LogP contribution is 2.29. The quantitative estimate of drug-likeness (QED) is 0.290. The van der Waals surface area contributed by atoms with Crippen molar-refractivity contribution in [3.05, 3.63) is 71.5 Å². The van der Waals surface area contributed by atoms with Gasteiger partial charge in [-0.05, 0) is 48.7 Å². The number of amides is 1. The Labute approximate surface area is 196 Å². The van der Waals surface area contributed by atoms with Gasteiger partial charge < -0.3 is 9.32 Å².